The third kappa shape index (κ3) is 16.2. The lowest BCUT2D eigenvalue weighted by Crippen LogP contribution is -2.55. The molecule has 2 saturated heterocycles. The van der Waals surface area contributed by atoms with Gasteiger partial charge in [0, 0.05) is 54.6 Å². The van der Waals surface area contributed by atoms with Gasteiger partial charge in [-0.25, -0.2) is 4.79 Å². The van der Waals surface area contributed by atoms with Crippen molar-refractivity contribution in [1.29, 1.82) is 0 Å². The van der Waals surface area contributed by atoms with Gasteiger partial charge < -0.3 is 75.9 Å². The van der Waals surface area contributed by atoms with Crippen LogP contribution in [0.5, 0.6) is 0 Å². The van der Waals surface area contributed by atoms with E-state index in [4.69, 9.17) is 29.4 Å². The van der Waals surface area contributed by atoms with Crippen molar-refractivity contribution in [1.82, 2.24) is 30.9 Å². The van der Waals surface area contributed by atoms with Gasteiger partial charge in [0.2, 0.25) is 11.9 Å². The number of H-pyrrole nitrogens is 2. The number of nitrogens with one attached hydrogen (secondary N) is 5. The van der Waals surface area contributed by atoms with E-state index in [1.54, 1.807) is 30.5 Å². The Morgan fingerprint density at radius 1 is 1.03 bits per heavy atom. The number of carboxylic acids is 1. The zero-order chi connectivity index (χ0) is 48.7. The number of aromatic nitrogens is 3. The Hall–Kier alpha value is -4.69. The average Bonchev–Trinajstić information content (AvgIpc) is 3.70. The molecular formula is C44H65N7O15S. The van der Waals surface area contributed by atoms with Gasteiger partial charge in [-0.3, -0.25) is 24.2 Å². The summed E-state index contributed by atoms with van der Waals surface area (Å²) in [6.45, 7) is 5.58. The van der Waals surface area contributed by atoms with Crippen molar-refractivity contribution >= 4 is 52.5 Å². The van der Waals surface area contributed by atoms with E-state index in [0.29, 0.717) is 35.4 Å². The number of hydrogen-bond acceptors (Lipinski definition) is 18. The van der Waals surface area contributed by atoms with Gasteiger partial charge in [0.05, 0.1) is 62.3 Å². The molecule has 0 spiro atoms. The first kappa shape index (κ1) is 53.3. The van der Waals surface area contributed by atoms with E-state index >= 15 is 0 Å². The predicted octanol–water partition coefficient (Wildman–Crippen LogP) is -0.498. The molecule has 5 unspecified atom stereocenters. The molecule has 2 aliphatic rings. The Balaban J connectivity index is 1.04. The Labute approximate surface area is 391 Å². The number of esters is 1. The largest absolute Gasteiger partial charge is 0.481 e. The number of nitrogen functional groups attached to an aromatic ring is 1. The zero-order valence-electron chi connectivity index (χ0n) is 37.9. The Bertz CT molecular complexity index is 2140. The van der Waals surface area contributed by atoms with Crippen molar-refractivity contribution in [3.8, 4) is 0 Å². The number of amides is 2. The summed E-state index contributed by atoms with van der Waals surface area (Å²) in [4.78, 5) is 72.9. The van der Waals surface area contributed by atoms with E-state index in [-0.39, 0.29) is 80.8 Å². The second-order valence-corrected chi connectivity index (χ2v) is 18.3. The molecule has 23 heteroatoms. The van der Waals surface area contributed by atoms with Gasteiger partial charge in [0.25, 0.3) is 11.5 Å². The molecule has 22 nitrogen and oxygen atoms in total. The van der Waals surface area contributed by atoms with Crippen LogP contribution in [0, 0.1) is 0 Å². The van der Waals surface area contributed by atoms with Crippen LogP contribution in [0.2, 0.25) is 0 Å². The van der Waals surface area contributed by atoms with E-state index in [2.05, 4.69) is 30.9 Å². The first-order valence-electron chi connectivity index (χ1n) is 22.4. The lowest BCUT2D eigenvalue weighted by Gasteiger charge is -2.41. The van der Waals surface area contributed by atoms with Crippen LogP contribution in [0.4, 0.5) is 5.95 Å². The summed E-state index contributed by atoms with van der Waals surface area (Å²) in [5, 5.41) is 59.0. The van der Waals surface area contributed by atoms with Gasteiger partial charge in [-0.2, -0.15) is 16.7 Å². The van der Waals surface area contributed by atoms with Crippen LogP contribution in [0.3, 0.4) is 0 Å². The number of carboxylic acid groups (broad SMARTS) is 1. The summed E-state index contributed by atoms with van der Waals surface area (Å²) in [5.41, 5.74) is 7.17. The van der Waals surface area contributed by atoms with Gasteiger partial charge in [-0.1, -0.05) is 19.1 Å². The fourth-order valence-electron chi connectivity index (χ4n) is 7.46. The number of aliphatic hydroxyl groups is 4. The van der Waals surface area contributed by atoms with Crippen LogP contribution in [-0.4, -0.2) is 176 Å². The quantitative estimate of drug-likeness (QED) is 0.0357. The highest BCUT2D eigenvalue weighted by atomic mass is 32.2. The molecule has 2 aliphatic heterocycles. The van der Waals surface area contributed by atoms with Gasteiger partial charge in [0.1, 0.15) is 30.5 Å². The second-order valence-electron chi connectivity index (χ2n) is 17.2. The minimum Gasteiger partial charge on any atom is -0.481 e. The molecule has 2 aromatic heterocycles. The summed E-state index contributed by atoms with van der Waals surface area (Å²) >= 11 is 1.44. The normalized spacial score (nSPS) is 23.1. The topological polar surface area (TPSA) is 339 Å². The van der Waals surface area contributed by atoms with Crippen LogP contribution in [0.25, 0.3) is 11.0 Å². The number of anilines is 1. The van der Waals surface area contributed by atoms with Gasteiger partial charge in [-0.15, -0.1) is 0 Å². The number of thioether (sulfide) groups is 1. The minimum absolute atomic E-state index is 0.0115. The van der Waals surface area contributed by atoms with E-state index < -0.39 is 85.9 Å². The summed E-state index contributed by atoms with van der Waals surface area (Å²) in [6, 6.07) is 4.78. The van der Waals surface area contributed by atoms with E-state index in [0.717, 1.165) is 17.5 Å². The molecular weight excluding hydrogens is 899 g/mol. The first-order valence-corrected chi connectivity index (χ1v) is 23.5. The molecule has 2 fully saturated rings. The monoisotopic (exact) mass is 963 g/mol. The molecule has 9 atom stereocenters. The predicted molar refractivity (Wildman–Crippen MR) is 244 cm³/mol. The van der Waals surface area contributed by atoms with Gasteiger partial charge in [-0.05, 0) is 62.8 Å². The lowest BCUT2D eigenvalue weighted by atomic mass is 10.0. The molecule has 0 radical (unpaired) electrons. The summed E-state index contributed by atoms with van der Waals surface area (Å²) in [5.74, 6) is -2.12. The number of nitrogens with zero attached hydrogens (tertiary/aromatic N) is 1. The number of rotatable bonds is 26. The SMILES string of the molecule is CCC(C)(C)N[C@H](CSCC1OCC(O)C[C@@H]1O[C@@H]1OC(CO)[C@@H](O)CC1O)C(=O)NCCOCCOC(=O)C(CCC(=O)O)NC(=O)c1ccc(CCc2c[nH]c3nc(N)[nH]c(=O)c23)cc1. The molecule has 67 heavy (non-hydrogen) atoms. The first-order chi connectivity index (χ1) is 32.0. The maximum Gasteiger partial charge on any atom is 0.328 e. The highest BCUT2D eigenvalue weighted by Crippen LogP contribution is 2.28. The maximum atomic E-state index is 13.4. The van der Waals surface area contributed by atoms with Crippen LogP contribution >= 0.6 is 11.8 Å². The Morgan fingerprint density at radius 3 is 2.51 bits per heavy atom. The second kappa shape index (κ2) is 25.6. The molecule has 1 aromatic carbocycles. The molecule has 3 aromatic rings. The van der Waals surface area contributed by atoms with Gasteiger partial charge >= 0.3 is 11.9 Å². The standard InChI is InChI=1S/C44H65N7O15S/c1-4-44(2,3)51-29(22-67-23-34-32(17-27(53)21-64-34)65-42-31(55)18-30(54)33(20-52)66-42)39(59)46-13-14-62-15-16-63-41(61)28(11-12-35(56)57)48-38(58)25-8-5-24(6-9-25)7-10-26-19-47-37-36(26)40(60)50-43(45)49-37/h5-6,8-9,19,27-34,42,51-55H,4,7,10-18,20-23H2,1-3H3,(H,46,59)(H,48,58)(H,56,57)(H4,45,47,49,50,60)/t27?,28?,29-,30+,31?,32+,33?,34?,42-/m1/s1. The number of ether oxygens (including phenoxy) is 5. The van der Waals surface area contributed by atoms with Gasteiger partial charge in [0.15, 0.2) is 6.29 Å². The lowest BCUT2D eigenvalue weighted by molar-refractivity contribution is -0.299. The smallest absolute Gasteiger partial charge is 0.328 e. The molecule has 5 rings (SSSR count). The molecule has 0 bridgehead atoms. The molecule has 0 aliphatic carbocycles. The summed E-state index contributed by atoms with van der Waals surface area (Å²) < 4.78 is 28.4. The zero-order valence-corrected chi connectivity index (χ0v) is 38.8. The van der Waals surface area contributed by atoms with Crippen molar-refractivity contribution in [2.75, 3.05) is 56.8 Å². The van der Waals surface area contributed by atoms with Crippen molar-refractivity contribution in [2.45, 2.75) is 126 Å². The van der Waals surface area contributed by atoms with Crippen molar-refractivity contribution in [3.63, 3.8) is 0 Å². The molecule has 4 heterocycles. The number of nitrogens with two attached hydrogens (primary N) is 1. The number of aliphatic hydroxyl groups excluding tert-OH is 4. The Morgan fingerprint density at radius 2 is 1.79 bits per heavy atom. The number of carbonyl (C=O) groups is 4. The molecule has 2 amide bonds. The minimum atomic E-state index is -1.25. The number of aliphatic carboxylic acids is 1. The van der Waals surface area contributed by atoms with Crippen LogP contribution in [-0.2, 0) is 50.9 Å². The molecule has 372 valence electrons. The van der Waals surface area contributed by atoms with E-state index in [1.807, 2.05) is 20.8 Å². The van der Waals surface area contributed by atoms with E-state index in [1.165, 1.54) is 11.8 Å². The third-order valence-electron chi connectivity index (χ3n) is 11.6. The van der Waals surface area contributed by atoms with Crippen LogP contribution in [0.1, 0.15) is 74.4 Å². The number of fused-ring (bicyclic) bond motifs is 1. The van der Waals surface area contributed by atoms with Crippen LogP contribution < -0.4 is 27.2 Å². The number of aryl methyl sites for hydroxylation is 2. The highest BCUT2D eigenvalue weighted by Gasteiger charge is 2.41. The number of hydrogen-bond donors (Lipinski definition) is 11. The number of aromatic amines is 2. The molecule has 0 saturated carbocycles. The summed E-state index contributed by atoms with van der Waals surface area (Å²) in [7, 11) is 0. The van der Waals surface area contributed by atoms with Crippen molar-refractivity contribution < 1.29 is 68.4 Å². The maximum absolute atomic E-state index is 13.4. The van der Waals surface area contributed by atoms with Crippen molar-refractivity contribution in [2.24, 2.45) is 0 Å². The van der Waals surface area contributed by atoms with Crippen molar-refractivity contribution in [3.05, 3.63) is 57.5 Å². The highest BCUT2D eigenvalue weighted by molar-refractivity contribution is 7.99. The Kier molecular flexibility index (Phi) is 20.4. The third-order valence-corrected chi connectivity index (χ3v) is 12.7. The molecule has 12 N–H and O–H groups in total. The summed E-state index contributed by atoms with van der Waals surface area (Å²) in [6.07, 6.45) is -3.20. The van der Waals surface area contributed by atoms with E-state index in [9.17, 15) is 49.5 Å². The number of benzene rings is 1. The fourth-order valence-corrected chi connectivity index (χ4v) is 8.61. The van der Waals surface area contributed by atoms with Crippen LogP contribution in [0.15, 0.2) is 35.3 Å². The average molecular weight is 964 g/mol. The fraction of sp³-hybridized carbons (Fsp3) is 0.636. The number of carbonyl (C=O) groups excluding carboxylic acids is 3.